The van der Waals surface area contributed by atoms with Crippen molar-refractivity contribution in [3.05, 3.63) is 35.9 Å². The number of aromatic hydroxyl groups is 1. The average molecular weight is 329 g/mol. The van der Waals surface area contributed by atoms with Crippen molar-refractivity contribution in [2.75, 3.05) is 19.6 Å². The van der Waals surface area contributed by atoms with Crippen molar-refractivity contribution in [3.63, 3.8) is 0 Å². The fourth-order valence-corrected chi connectivity index (χ4v) is 3.49. The summed E-state index contributed by atoms with van der Waals surface area (Å²) in [5.41, 5.74) is 2.57. The normalized spacial score (nSPS) is 11.9. The number of benzene rings is 1. The van der Waals surface area contributed by atoms with Crippen molar-refractivity contribution >= 4 is 21.8 Å². The molecule has 3 aromatic rings. The predicted molar refractivity (Wildman–Crippen MR) is 96.0 cm³/mol. The van der Waals surface area contributed by atoms with Crippen LogP contribution in [0.4, 0.5) is 4.39 Å². The lowest BCUT2D eigenvalue weighted by Gasteiger charge is -2.18. The fourth-order valence-electron chi connectivity index (χ4n) is 3.49. The molecular weight excluding hydrogens is 305 g/mol. The van der Waals surface area contributed by atoms with Gasteiger partial charge in [0.25, 0.3) is 0 Å². The van der Waals surface area contributed by atoms with E-state index in [4.69, 9.17) is 0 Å². The molecule has 1 aromatic carbocycles. The molecule has 3 rings (SSSR count). The van der Waals surface area contributed by atoms with E-state index in [2.05, 4.69) is 28.3 Å². The molecule has 128 valence electrons. The fraction of sp³-hybridized carbons (Fsp3) is 0.421. The highest BCUT2D eigenvalue weighted by Gasteiger charge is 2.15. The Hall–Kier alpha value is -2.14. The second-order valence-electron chi connectivity index (χ2n) is 6.16. The SMILES string of the molecule is CCN(CC)CCCn1c2cc(O)ccc2c2cc(F)nc(C)c21. The van der Waals surface area contributed by atoms with Crippen molar-refractivity contribution in [2.24, 2.45) is 0 Å². The van der Waals surface area contributed by atoms with Crippen LogP contribution < -0.4 is 0 Å². The summed E-state index contributed by atoms with van der Waals surface area (Å²) in [6.45, 7) is 10.1. The topological polar surface area (TPSA) is 41.3 Å². The molecule has 4 nitrogen and oxygen atoms in total. The van der Waals surface area contributed by atoms with Crippen LogP contribution in [0.15, 0.2) is 24.3 Å². The average Bonchev–Trinajstić information content (AvgIpc) is 2.85. The maximum atomic E-state index is 13.8. The zero-order valence-corrected chi connectivity index (χ0v) is 14.5. The molecule has 0 radical (unpaired) electrons. The van der Waals surface area contributed by atoms with E-state index in [1.54, 1.807) is 12.1 Å². The molecule has 0 unspecified atom stereocenters. The molecule has 0 saturated carbocycles. The van der Waals surface area contributed by atoms with Crippen molar-refractivity contribution in [1.82, 2.24) is 14.5 Å². The van der Waals surface area contributed by atoms with Crippen LogP contribution >= 0.6 is 0 Å². The van der Waals surface area contributed by atoms with E-state index >= 15 is 0 Å². The molecule has 2 heterocycles. The molecule has 0 amide bonds. The van der Waals surface area contributed by atoms with Gasteiger partial charge in [-0.05, 0) is 45.1 Å². The number of halogens is 1. The molecule has 0 fully saturated rings. The molecule has 0 aliphatic carbocycles. The predicted octanol–water partition coefficient (Wildman–Crippen LogP) is 4.07. The minimum Gasteiger partial charge on any atom is -0.508 e. The summed E-state index contributed by atoms with van der Waals surface area (Å²) in [5, 5.41) is 11.7. The quantitative estimate of drug-likeness (QED) is 0.693. The van der Waals surface area contributed by atoms with E-state index in [0.29, 0.717) is 5.69 Å². The van der Waals surface area contributed by atoms with Gasteiger partial charge in [0.15, 0.2) is 0 Å². The molecule has 0 saturated heterocycles. The molecule has 24 heavy (non-hydrogen) atoms. The Labute approximate surface area is 141 Å². The van der Waals surface area contributed by atoms with E-state index in [1.165, 1.54) is 6.07 Å². The van der Waals surface area contributed by atoms with Crippen LogP contribution in [-0.4, -0.2) is 39.2 Å². The second-order valence-corrected chi connectivity index (χ2v) is 6.16. The summed E-state index contributed by atoms with van der Waals surface area (Å²) in [6, 6.07) is 6.75. The summed E-state index contributed by atoms with van der Waals surface area (Å²) in [7, 11) is 0. The van der Waals surface area contributed by atoms with Crippen LogP contribution in [0.2, 0.25) is 0 Å². The van der Waals surface area contributed by atoms with Crippen LogP contribution in [0.5, 0.6) is 5.75 Å². The number of phenolic OH excluding ortho intramolecular Hbond substituents is 1. The van der Waals surface area contributed by atoms with Crippen molar-refractivity contribution in [2.45, 2.75) is 33.7 Å². The molecule has 0 bridgehead atoms. The molecule has 0 aliphatic rings. The summed E-state index contributed by atoms with van der Waals surface area (Å²) in [6.07, 6.45) is 0.993. The largest absolute Gasteiger partial charge is 0.508 e. The van der Waals surface area contributed by atoms with Gasteiger partial charge < -0.3 is 14.6 Å². The highest BCUT2D eigenvalue weighted by Crippen LogP contribution is 2.33. The van der Waals surface area contributed by atoms with Gasteiger partial charge in [0.05, 0.1) is 16.7 Å². The maximum absolute atomic E-state index is 13.8. The van der Waals surface area contributed by atoms with E-state index in [9.17, 15) is 9.50 Å². The lowest BCUT2D eigenvalue weighted by Crippen LogP contribution is -2.24. The number of aryl methyl sites for hydroxylation is 2. The standard InChI is InChI=1S/C19H24FN3O/c1-4-22(5-2)9-6-10-23-17-11-14(24)7-8-15(17)16-12-18(20)21-13(3)19(16)23/h7-8,11-12,24H,4-6,9-10H2,1-3H3. The minimum absolute atomic E-state index is 0.224. The molecule has 2 aromatic heterocycles. The van der Waals surface area contributed by atoms with E-state index in [0.717, 1.165) is 54.4 Å². The van der Waals surface area contributed by atoms with Gasteiger partial charge in [-0.1, -0.05) is 13.8 Å². The molecule has 0 spiro atoms. The maximum Gasteiger partial charge on any atom is 0.213 e. The lowest BCUT2D eigenvalue weighted by atomic mass is 10.1. The summed E-state index contributed by atoms with van der Waals surface area (Å²) in [4.78, 5) is 6.38. The number of phenols is 1. The second kappa shape index (κ2) is 6.77. The van der Waals surface area contributed by atoms with Crippen molar-refractivity contribution in [1.29, 1.82) is 0 Å². The molecule has 0 atom stereocenters. The van der Waals surface area contributed by atoms with Gasteiger partial charge in [0.2, 0.25) is 5.95 Å². The zero-order valence-electron chi connectivity index (χ0n) is 14.5. The summed E-state index contributed by atoms with van der Waals surface area (Å²) < 4.78 is 15.9. The third-order valence-corrected chi connectivity index (χ3v) is 4.72. The first kappa shape index (κ1) is 16.7. The number of rotatable bonds is 6. The van der Waals surface area contributed by atoms with E-state index < -0.39 is 5.95 Å². The van der Waals surface area contributed by atoms with Crippen LogP contribution in [-0.2, 0) is 6.54 Å². The van der Waals surface area contributed by atoms with Gasteiger partial charge in [-0.25, -0.2) is 4.98 Å². The van der Waals surface area contributed by atoms with Gasteiger partial charge in [-0.2, -0.15) is 4.39 Å². The molecule has 1 N–H and O–H groups in total. The number of hydrogen-bond acceptors (Lipinski definition) is 3. The number of fused-ring (bicyclic) bond motifs is 3. The Morgan fingerprint density at radius 1 is 1.17 bits per heavy atom. The molecular formula is C19H24FN3O. The molecule has 0 aliphatic heterocycles. The monoisotopic (exact) mass is 329 g/mol. The van der Waals surface area contributed by atoms with Crippen molar-refractivity contribution < 1.29 is 9.50 Å². The van der Waals surface area contributed by atoms with E-state index in [1.807, 2.05) is 13.0 Å². The lowest BCUT2D eigenvalue weighted by molar-refractivity contribution is 0.294. The third-order valence-electron chi connectivity index (χ3n) is 4.72. The smallest absolute Gasteiger partial charge is 0.213 e. The van der Waals surface area contributed by atoms with Crippen LogP contribution in [0, 0.1) is 12.9 Å². The van der Waals surface area contributed by atoms with Gasteiger partial charge >= 0.3 is 0 Å². The Kier molecular flexibility index (Phi) is 4.71. The first-order valence-corrected chi connectivity index (χ1v) is 8.55. The van der Waals surface area contributed by atoms with Crippen LogP contribution in [0.25, 0.3) is 21.8 Å². The van der Waals surface area contributed by atoms with Gasteiger partial charge in [-0.15, -0.1) is 0 Å². The number of hydrogen-bond donors (Lipinski definition) is 1. The van der Waals surface area contributed by atoms with Crippen molar-refractivity contribution in [3.8, 4) is 5.75 Å². The summed E-state index contributed by atoms with van der Waals surface area (Å²) in [5.74, 6) is -0.239. The number of pyridine rings is 1. The van der Waals surface area contributed by atoms with Gasteiger partial charge in [-0.3, -0.25) is 0 Å². The summed E-state index contributed by atoms with van der Waals surface area (Å²) >= 11 is 0. The Morgan fingerprint density at radius 2 is 1.92 bits per heavy atom. The van der Waals surface area contributed by atoms with Gasteiger partial charge in [0, 0.05) is 29.4 Å². The Morgan fingerprint density at radius 3 is 2.62 bits per heavy atom. The Bertz CT molecular complexity index is 868. The van der Waals surface area contributed by atoms with Gasteiger partial charge in [0.1, 0.15) is 5.75 Å². The van der Waals surface area contributed by atoms with E-state index in [-0.39, 0.29) is 5.75 Å². The highest BCUT2D eigenvalue weighted by atomic mass is 19.1. The number of nitrogens with zero attached hydrogens (tertiary/aromatic N) is 3. The molecule has 5 heteroatoms. The Balaban J connectivity index is 2.08. The van der Waals surface area contributed by atoms with Crippen LogP contribution in [0.3, 0.4) is 0 Å². The zero-order chi connectivity index (χ0) is 17.3. The first-order valence-electron chi connectivity index (χ1n) is 8.55. The minimum atomic E-state index is -0.463. The van der Waals surface area contributed by atoms with Crippen LogP contribution in [0.1, 0.15) is 26.0 Å². The highest BCUT2D eigenvalue weighted by molar-refractivity contribution is 6.09. The first-order chi connectivity index (χ1) is 11.5. The third kappa shape index (κ3) is 2.96. The number of aromatic nitrogens is 2.